The molecule has 0 fully saturated rings. The van der Waals surface area contributed by atoms with Gasteiger partial charge in [0.1, 0.15) is 5.52 Å². The monoisotopic (exact) mass is 390 g/mol. The van der Waals surface area contributed by atoms with Gasteiger partial charge in [-0.2, -0.15) is 0 Å². The number of benzene rings is 3. The molecule has 5 aromatic rings. The average Bonchev–Trinajstić information content (AvgIpc) is 3.15. The second-order valence-electron chi connectivity index (χ2n) is 6.18. The van der Waals surface area contributed by atoms with Crippen molar-refractivity contribution in [1.29, 1.82) is 0 Å². The summed E-state index contributed by atoms with van der Waals surface area (Å²) in [5.41, 5.74) is 4.10. The second kappa shape index (κ2) is 6.38. The molecule has 0 N–H and O–H groups in total. The summed E-state index contributed by atoms with van der Waals surface area (Å²) >= 11 is 12.7. The molecule has 0 saturated carbocycles. The number of halogens is 2. The minimum Gasteiger partial charge on any atom is -0.355 e. The lowest BCUT2D eigenvalue weighted by Crippen LogP contribution is -1.89. The Balaban J connectivity index is 1.94. The first-order valence-corrected chi connectivity index (χ1v) is 9.17. The van der Waals surface area contributed by atoms with Gasteiger partial charge < -0.3 is 4.52 Å². The van der Waals surface area contributed by atoms with Gasteiger partial charge in [0.15, 0.2) is 5.76 Å². The summed E-state index contributed by atoms with van der Waals surface area (Å²) in [6, 6.07) is 23.3. The molecule has 0 unspecified atom stereocenters. The summed E-state index contributed by atoms with van der Waals surface area (Å²) in [7, 11) is 0. The van der Waals surface area contributed by atoms with E-state index in [0.717, 1.165) is 33.1 Å². The fourth-order valence-electron chi connectivity index (χ4n) is 3.31. The van der Waals surface area contributed by atoms with Crippen LogP contribution in [0.1, 0.15) is 0 Å². The van der Waals surface area contributed by atoms with E-state index in [0.29, 0.717) is 21.4 Å². The molecule has 3 nitrogen and oxygen atoms in total. The molecule has 130 valence electrons. The molecule has 0 saturated heterocycles. The summed E-state index contributed by atoms with van der Waals surface area (Å²) in [6.45, 7) is 0. The maximum Gasteiger partial charge on any atom is 0.178 e. The smallest absolute Gasteiger partial charge is 0.178 e. The number of para-hydroxylation sites is 1. The highest BCUT2D eigenvalue weighted by molar-refractivity contribution is 6.44. The zero-order valence-electron chi connectivity index (χ0n) is 14.0. The summed E-state index contributed by atoms with van der Waals surface area (Å²) < 4.78 is 5.77. The van der Waals surface area contributed by atoms with Crippen molar-refractivity contribution in [2.75, 3.05) is 0 Å². The van der Waals surface area contributed by atoms with Crippen LogP contribution in [0.4, 0.5) is 0 Å². The number of rotatable bonds is 2. The van der Waals surface area contributed by atoms with Crippen LogP contribution in [0.15, 0.2) is 77.3 Å². The van der Waals surface area contributed by atoms with Crippen molar-refractivity contribution in [3.8, 4) is 22.6 Å². The first-order valence-electron chi connectivity index (χ1n) is 8.42. The van der Waals surface area contributed by atoms with Crippen LogP contribution in [0, 0.1) is 0 Å². The van der Waals surface area contributed by atoms with E-state index < -0.39 is 0 Å². The van der Waals surface area contributed by atoms with Gasteiger partial charge in [-0.25, -0.2) is 4.98 Å². The van der Waals surface area contributed by atoms with Crippen LogP contribution in [-0.4, -0.2) is 10.1 Å². The molecular weight excluding hydrogens is 379 g/mol. The molecule has 27 heavy (non-hydrogen) atoms. The second-order valence-corrected chi connectivity index (χ2v) is 6.97. The van der Waals surface area contributed by atoms with Gasteiger partial charge in [0.25, 0.3) is 0 Å². The van der Waals surface area contributed by atoms with Gasteiger partial charge in [-0.1, -0.05) is 83.0 Å². The normalized spacial score (nSPS) is 11.3. The van der Waals surface area contributed by atoms with Crippen LogP contribution in [0.5, 0.6) is 0 Å². The predicted octanol–water partition coefficient (Wildman–Crippen LogP) is 7.02. The molecular formula is C22H12Cl2N2O. The predicted molar refractivity (Wildman–Crippen MR) is 110 cm³/mol. The molecule has 0 bridgehead atoms. The lowest BCUT2D eigenvalue weighted by molar-refractivity contribution is 0.441. The molecule has 2 aromatic heterocycles. The third kappa shape index (κ3) is 2.59. The van der Waals surface area contributed by atoms with Crippen molar-refractivity contribution in [2.45, 2.75) is 0 Å². The van der Waals surface area contributed by atoms with Gasteiger partial charge in [0, 0.05) is 16.5 Å². The van der Waals surface area contributed by atoms with Crippen molar-refractivity contribution < 1.29 is 4.52 Å². The summed E-state index contributed by atoms with van der Waals surface area (Å²) in [5, 5.41) is 7.02. The van der Waals surface area contributed by atoms with Gasteiger partial charge in [-0.15, -0.1) is 0 Å². The number of pyridine rings is 1. The lowest BCUT2D eigenvalue weighted by atomic mass is 10.0. The van der Waals surface area contributed by atoms with E-state index in [1.54, 1.807) is 6.07 Å². The molecule has 0 aliphatic rings. The number of fused-ring (bicyclic) bond motifs is 3. The topological polar surface area (TPSA) is 38.9 Å². The van der Waals surface area contributed by atoms with Gasteiger partial charge in [0.2, 0.25) is 0 Å². The summed E-state index contributed by atoms with van der Waals surface area (Å²) in [4.78, 5) is 4.91. The Hall–Kier alpha value is -2.88. The van der Waals surface area contributed by atoms with E-state index in [1.807, 2.05) is 66.7 Å². The van der Waals surface area contributed by atoms with Gasteiger partial charge >= 0.3 is 0 Å². The van der Waals surface area contributed by atoms with Gasteiger partial charge in [-0.3, -0.25) is 0 Å². The van der Waals surface area contributed by atoms with E-state index >= 15 is 0 Å². The molecule has 0 radical (unpaired) electrons. The molecule has 3 aromatic carbocycles. The molecule has 0 atom stereocenters. The highest BCUT2D eigenvalue weighted by Crippen LogP contribution is 2.42. The number of hydrogen-bond donors (Lipinski definition) is 0. The number of aromatic nitrogens is 2. The number of nitrogens with zero attached hydrogens (tertiary/aromatic N) is 2. The fraction of sp³-hybridized carbons (Fsp3) is 0. The van der Waals surface area contributed by atoms with Crippen molar-refractivity contribution in [1.82, 2.24) is 10.1 Å². The standard InChI is InChI=1S/C22H12Cl2N2O/c23-16-11-6-10-15(19(16)24)22-18-20(13-7-2-1-3-8-13)25-17-12-5-4-9-14(17)21(18)26-27-22/h1-12H. The Morgan fingerprint density at radius 2 is 1.56 bits per heavy atom. The fourth-order valence-corrected chi connectivity index (χ4v) is 3.70. The van der Waals surface area contributed by atoms with Crippen molar-refractivity contribution in [3.05, 3.63) is 82.8 Å². The third-order valence-corrected chi connectivity index (χ3v) is 5.38. The van der Waals surface area contributed by atoms with Crippen LogP contribution in [0.25, 0.3) is 44.4 Å². The third-order valence-electron chi connectivity index (χ3n) is 4.56. The van der Waals surface area contributed by atoms with E-state index in [2.05, 4.69) is 5.16 Å². The lowest BCUT2D eigenvalue weighted by Gasteiger charge is -2.08. The summed E-state index contributed by atoms with van der Waals surface area (Å²) in [6.07, 6.45) is 0. The van der Waals surface area contributed by atoms with Crippen LogP contribution in [0.3, 0.4) is 0 Å². The number of hydrogen-bond acceptors (Lipinski definition) is 3. The van der Waals surface area contributed by atoms with Crippen LogP contribution in [-0.2, 0) is 0 Å². The van der Waals surface area contributed by atoms with E-state index in [9.17, 15) is 0 Å². The SMILES string of the molecule is Clc1cccc(-c2onc3c2c(-c2ccccc2)nc2ccccc23)c1Cl. The molecule has 0 amide bonds. The molecule has 0 spiro atoms. The quantitative estimate of drug-likeness (QED) is 0.325. The van der Waals surface area contributed by atoms with E-state index in [-0.39, 0.29) is 0 Å². The van der Waals surface area contributed by atoms with Crippen molar-refractivity contribution in [3.63, 3.8) is 0 Å². The van der Waals surface area contributed by atoms with Gasteiger partial charge in [0.05, 0.1) is 26.6 Å². The minimum atomic E-state index is 0.435. The van der Waals surface area contributed by atoms with Crippen LogP contribution in [0.2, 0.25) is 10.0 Å². The molecule has 5 heteroatoms. The molecule has 0 aliphatic carbocycles. The van der Waals surface area contributed by atoms with E-state index in [1.165, 1.54) is 0 Å². The van der Waals surface area contributed by atoms with Crippen LogP contribution < -0.4 is 0 Å². The Bertz CT molecular complexity index is 1300. The van der Waals surface area contributed by atoms with Gasteiger partial charge in [-0.05, 0) is 18.2 Å². The highest BCUT2D eigenvalue weighted by atomic mass is 35.5. The zero-order chi connectivity index (χ0) is 18.4. The first kappa shape index (κ1) is 16.3. The Morgan fingerprint density at radius 3 is 2.41 bits per heavy atom. The molecule has 2 heterocycles. The Labute approximate surface area is 165 Å². The average molecular weight is 391 g/mol. The maximum absolute atomic E-state index is 6.46. The Morgan fingerprint density at radius 1 is 0.778 bits per heavy atom. The molecule has 0 aliphatic heterocycles. The van der Waals surface area contributed by atoms with Crippen molar-refractivity contribution in [2.24, 2.45) is 0 Å². The minimum absolute atomic E-state index is 0.435. The van der Waals surface area contributed by atoms with Crippen LogP contribution >= 0.6 is 23.2 Å². The largest absolute Gasteiger partial charge is 0.355 e. The Kier molecular flexibility index (Phi) is 3.85. The zero-order valence-corrected chi connectivity index (χ0v) is 15.5. The highest BCUT2D eigenvalue weighted by Gasteiger charge is 2.22. The molecule has 5 rings (SSSR count). The first-order chi connectivity index (χ1) is 13.2. The van der Waals surface area contributed by atoms with E-state index in [4.69, 9.17) is 32.7 Å². The maximum atomic E-state index is 6.46. The summed E-state index contributed by atoms with van der Waals surface area (Å²) in [5.74, 6) is 0.564. The van der Waals surface area contributed by atoms with Crippen molar-refractivity contribution >= 4 is 45.0 Å².